The number of piperidine rings is 1. The van der Waals surface area contributed by atoms with Crippen molar-refractivity contribution in [2.45, 2.75) is 38.6 Å². The standard InChI is InChI=1S/C20H27NO3/c1-4-5-11-23-12-17-14(2)19(16-9-7-6-8-10-16)18-13-24-20(22)21(18)15(17)3/h6-10,14,17-19H,3-5,11-13H2,1-2H3/t14?,17-,18+,19?/m1/s1. The minimum atomic E-state index is -0.267. The lowest BCUT2D eigenvalue weighted by molar-refractivity contribution is 0.0494. The molecular weight excluding hydrogens is 302 g/mol. The van der Waals surface area contributed by atoms with E-state index >= 15 is 0 Å². The van der Waals surface area contributed by atoms with E-state index in [2.05, 4.69) is 44.7 Å². The lowest BCUT2D eigenvalue weighted by Crippen LogP contribution is -2.49. The van der Waals surface area contributed by atoms with Crippen LogP contribution in [0.2, 0.25) is 0 Å². The number of ether oxygens (including phenoxy) is 2. The van der Waals surface area contributed by atoms with Crippen LogP contribution in [0.25, 0.3) is 0 Å². The molecule has 2 heterocycles. The van der Waals surface area contributed by atoms with Crippen LogP contribution in [0.4, 0.5) is 4.79 Å². The van der Waals surface area contributed by atoms with E-state index in [0.29, 0.717) is 19.1 Å². The van der Waals surface area contributed by atoms with E-state index in [-0.39, 0.29) is 24.0 Å². The van der Waals surface area contributed by atoms with Gasteiger partial charge in [0.25, 0.3) is 0 Å². The molecule has 130 valence electrons. The Morgan fingerprint density at radius 2 is 2.08 bits per heavy atom. The number of carbonyl (C=O) groups excluding carboxylic acids is 1. The van der Waals surface area contributed by atoms with Gasteiger partial charge in [0.05, 0.1) is 12.6 Å². The number of rotatable bonds is 6. The molecule has 24 heavy (non-hydrogen) atoms. The maximum absolute atomic E-state index is 12.2. The summed E-state index contributed by atoms with van der Waals surface area (Å²) in [6.45, 7) is 10.4. The molecular formula is C20H27NO3. The highest BCUT2D eigenvalue weighted by atomic mass is 16.6. The monoisotopic (exact) mass is 329 g/mol. The molecule has 2 saturated heterocycles. The zero-order valence-electron chi connectivity index (χ0n) is 14.6. The van der Waals surface area contributed by atoms with Gasteiger partial charge in [0.15, 0.2) is 0 Å². The van der Waals surface area contributed by atoms with Crippen LogP contribution in [-0.4, -0.2) is 36.9 Å². The van der Waals surface area contributed by atoms with Gasteiger partial charge in [-0.15, -0.1) is 0 Å². The lowest BCUT2D eigenvalue weighted by atomic mass is 9.70. The van der Waals surface area contributed by atoms with Crippen molar-refractivity contribution in [2.75, 3.05) is 19.8 Å². The molecule has 1 aromatic carbocycles. The number of unbranched alkanes of at least 4 members (excludes halogenated alkanes) is 1. The Labute approximate surface area is 144 Å². The average Bonchev–Trinajstić information content (AvgIpc) is 2.97. The van der Waals surface area contributed by atoms with E-state index in [1.807, 2.05) is 6.07 Å². The van der Waals surface area contributed by atoms with Crippen molar-refractivity contribution >= 4 is 6.09 Å². The van der Waals surface area contributed by atoms with Gasteiger partial charge < -0.3 is 9.47 Å². The van der Waals surface area contributed by atoms with Gasteiger partial charge in [0.1, 0.15) is 6.61 Å². The van der Waals surface area contributed by atoms with Crippen molar-refractivity contribution in [2.24, 2.45) is 11.8 Å². The molecule has 4 nitrogen and oxygen atoms in total. The summed E-state index contributed by atoms with van der Waals surface area (Å²) < 4.78 is 11.2. The van der Waals surface area contributed by atoms with Gasteiger partial charge in [0.2, 0.25) is 0 Å². The smallest absolute Gasteiger partial charge is 0.414 e. The third kappa shape index (κ3) is 3.07. The molecule has 0 aromatic heterocycles. The molecule has 0 spiro atoms. The number of nitrogens with zero attached hydrogens (tertiary/aromatic N) is 1. The van der Waals surface area contributed by atoms with Gasteiger partial charge in [-0.05, 0) is 17.9 Å². The van der Waals surface area contributed by atoms with Crippen LogP contribution in [0.3, 0.4) is 0 Å². The van der Waals surface area contributed by atoms with Crippen molar-refractivity contribution < 1.29 is 14.3 Å². The number of benzene rings is 1. The first kappa shape index (κ1) is 17.0. The Balaban J connectivity index is 1.85. The molecule has 3 rings (SSSR count). The summed E-state index contributed by atoms with van der Waals surface area (Å²) in [5.41, 5.74) is 2.10. The molecule has 0 N–H and O–H groups in total. The van der Waals surface area contributed by atoms with Crippen LogP contribution in [0, 0.1) is 11.8 Å². The molecule has 2 aliphatic heterocycles. The molecule has 2 unspecified atom stereocenters. The van der Waals surface area contributed by atoms with E-state index in [4.69, 9.17) is 9.47 Å². The molecule has 4 heteroatoms. The van der Waals surface area contributed by atoms with E-state index in [1.54, 1.807) is 4.90 Å². The zero-order chi connectivity index (χ0) is 17.1. The Morgan fingerprint density at radius 3 is 2.79 bits per heavy atom. The molecule has 0 aliphatic carbocycles. The van der Waals surface area contributed by atoms with Gasteiger partial charge >= 0.3 is 6.09 Å². The third-order valence-corrected chi connectivity index (χ3v) is 5.38. The second-order valence-corrected chi connectivity index (χ2v) is 6.84. The van der Waals surface area contributed by atoms with E-state index in [9.17, 15) is 4.79 Å². The molecule has 0 radical (unpaired) electrons. The van der Waals surface area contributed by atoms with E-state index < -0.39 is 0 Å². The van der Waals surface area contributed by atoms with Crippen molar-refractivity contribution in [1.29, 1.82) is 0 Å². The van der Waals surface area contributed by atoms with Crippen LogP contribution in [0.5, 0.6) is 0 Å². The number of fused-ring (bicyclic) bond motifs is 1. The van der Waals surface area contributed by atoms with Gasteiger partial charge in [0, 0.05) is 24.1 Å². The predicted molar refractivity (Wildman–Crippen MR) is 93.7 cm³/mol. The largest absolute Gasteiger partial charge is 0.447 e. The molecule has 0 saturated carbocycles. The van der Waals surface area contributed by atoms with Crippen LogP contribution in [-0.2, 0) is 9.47 Å². The maximum Gasteiger partial charge on any atom is 0.414 e. The number of hydrogen-bond donors (Lipinski definition) is 0. The van der Waals surface area contributed by atoms with E-state index in [1.165, 1.54) is 5.56 Å². The molecule has 4 atom stereocenters. The summed E-state index contributed by atoms with van der Waals surface area (Å²) in [5.74, 6) is 0.717. The quantitative estimate of drug-likeness (QED) is 0.735. The van der Waals surface area contributed by atoms with Gasteiger partial charge in [-0.25, -0.2) is 4.79 Å². The van der Waals surface area contributed by atoms with Gasteiger partial charge in [-0.1, -0.05) is 57.2 Å². The number of hydrogen-bond acceptors (Lipinski definition) is 3. The molecule has 2 aliphatic rings. The van der Waals surface area contributed by atoms with Crippen LogP contribution in [0.15, 0.2) is 42.6 Å². The van der Waals surface area contributed by atoms with Crippen LogP contribution >= 0.6 is 0 Å². The van der Waals surface area contributed by atoms with E-state index in [0.717, 1.165) is 25.1 Å². The molecule has 0 bridgehead atoms. The number of carbonyl (C=O) groups is 1. The first-order valence-corrected chi connectivity index (χ1v) is 8.92. The summed E-state index contributed by atoms with van der Waals surface area (Å²) in [6.07, 6.45) is 1.91. The Morgan fingerprint density at radius 1 is 1.33 bits per heavy atom. The Bertz CT molecular complexity index is 586. The minimum absolute atomic E-state index is 0.0364. The fourth-order valence-corrected chi connectivity index (χ4v) is 4.02. The minimum Gasteiger partial charge on any atom is -0.447 e. The lowest BCUT2D eigenvalue weighted by Gasteiger charge is -2.45. The highest BCUT2D eigenvalue weighted by Crippen LogP contribution is 2.46. The van der Waals surface area contributed by atoms with Crippen molar-refractivity contribution in [3.8, 4) is 0 Å². The predicted octanol–water partition coefficient (Wildman–Crippen LogP) is 4.19. The van der Waals surface area contributed by atoms with Crippen LogP contribution in [0.1, 0.15) is 38.2 Å². The van der Waals surface area contributed by atoms with Gasteiger partial charge in [-0.3, -0.25) is 4.90 Å². The Kier molecular flexibility index (Phi) is 5.24. The number of cyclic esters (lactones) is 1. The molecule has 1 amide bonds. The van der Waals surface area contributed by atoms with Gasteiger partial charge in [-0.2, -0.15) is 0 Å². The maximum atomic E-state index is 12.2. The second kappa shape index (κ2) is 7.39. The van der Waals surface area contributed by atoms with Crippen molar-refractivity contribution in [3.63, 3.8) is 0 Å². The highest BCUT2D eigenvalue weighted by molar-refractivity contribution is 5.73. The summed E-state index contributed by atoms with van der Waals surface area (Å²) >= 11 is 0. The topological polar surface area (TPSA) is 38.8 Å². The fourth-order valence-electron chi connectivity index (χ4n) is 4.02. The SMILES string of the molecule is C=C1[C@H](COCCCC)C(C)C(c2ccccc2)[C@@H]2COC(=O)N12. The zero-order valence-corrected chi connectivity index (χ0v) is 14.6. The van der Waals surface area contributed by atoms with Crippen molar-refractivity contribution in [1.82, 2.24) is 4.90 Å². The first-order chi connectivity index (χ1) is 11.6. The second-order valence-electron chi connectivity index (χ2n) is 6.84. The van der Waals surface area contributed by atoms with Crippen LogP contribution < -0.4 is 0 Å². The molecule has 1 aromatic rings. The summed E-state index contributed by atoms with van der Waals surface area (Å²) in [4.78, 5) is 14.0. The third-order valence-electron chi connectivity index (χ3n) is 5.38. The average molecular weight is 329 g/mol. The number of amides is 1. The highest BCUT2D eigenvalue weighted by Gasteiger charge is 2.50. The summed E-state index contributed by atoms with van der Waals surface area (Å²) in [5, 5.41) is 0. The van der Waals surface area contributed by atoms with Crippen molar-refractivity contribution in [3.05, 3.63) is 48.2 Å². The fraction of sp³-hybridized carbons (Fsp3) is 0.550. The summed E-state index contributed by atoms with van der Waals surface area (Å²) in [6, 6.07) is 10.5. The first-order valence-electron chi connectivity index (χ1n) is 8.92. The Hall–Kier alpha value is -1.81. The molecule has 2 fully saturated rings. The summed E-state index contributed by atoms with van der Waals surface area (Å²) in [7, 11) is 0. The normalized spacial score (nSPS) is 29.5.